The largest absolute Gasteiger partial charge is 0.328 e. The summed E-state index contributed by atoms with van der Waals surface area (Å²) in [5, 5.41) is 0. The Labute approximate surface area is 74.7 Å². The van der Waals surface area contributed by atoms with Crippen LogP contribution in [-0.2, 0) is 6.42 Å². The van der Waals surface area contributed by atoms with E-state index in [1.807, 2.05) is 13.8 Å². The molecule has 2 heterocycles. The molecule has 0 saturated carbocycles. The van der Waals surface area contributed by atoms with Crippen LogP contribution in [0.3, 0.4) is 0 Å². The van der Waals surface area contributed by atoms with Crippen molar-refractivity contribution in [1.82, 2.24) is 4.57 Å². The molecule has 1 heteroatoms. The molecule has 2 rings (SSSR count). The average molecular weight is 163 g/mol. The van der Waals surface area contributed by atoms with Gasteiger partial charge in [0.25, 0.3) is 0 Å². The molecule has 1 aliphatic rings. The van der Waals surface area contributed by atoms with Crippen molar-refractivity contribution in [3.05, 3.63) is 29.6 Å². The first-order chi connectivity index (χ1) is 5.86. The standard InChI is InChI=1S/C9H11N.C2H6/c1-8-6-9-4-2-3-5-10(9)7-8;1-2/h3,5-7H,2,4H2,1H3;1-2H3. The van der Waals surface area contributed by atoms with E-state index in [1.165, 1.54) is 24.1 Å². The Morgan fingerprint density at radius 1 is 1.33 bits per heavy atom. The van der Waals surface area contributed by atoms with Crippen LogP contribution in [0.5, 0.6) is 0 Å². The van der Waals surface area contributed by atoms with Crippen molar-refractivity contribution in [3.63, 3.8) is 0 Å². The van der Waals surface area contributed by atoms with Gasteiger partial charge in [0.05, 0.1) is 0 Å². The molecule has 12 heavy (non-hydrogen) atoms. The average Bonchev–Trinajstić information content (AvgIpc) is 2.48. The molecule has 0 atom stereocenters. The summed E-state index contributed by atoms with van der Waals surface area (Å²) in [6.45, 7) is 6.14. The summed E-state index contributed by atoms with van der Waals surface area (Å²) in [5.74, 6) is 0. The Kier molecular flexibility index (Phi) is 3.15. The van der Waals surface area contributed by atoms with E-state index in [2.05, 4.69) is 36.0 Å². The van der Waals surface area contributed by atoms with Gasteiger partial charge in [-0.05, 0) is 31.4 Å². The van der Waals surface area contributed by atoms with Crippen LogP contribution in [0.2, 0.25) is 0 Å². The molecule has 0 aromatic carbocycles. The molecule has 0 spiro atoms. The summed E-state index contributed by atoms with van der Waals surface area (Å²) in [7, 11) is 0. The molecule has 0 amide bonds. The Hall–Kier alpha value is -0.980. The van der Waals surface area contributed by atoms with Crippen molar-refractivity contribution in [2.24, 2.45) is 0 Å². The van der Waals surface area contributed by atoms with Crippen LogP contribution in [0.4, 0.5) is 0 Å². The van der Waals surface area contributed by atoms with Gasteiger partial charge < -0.3 is 4.57 Å². The minimum atomic E-state index is 1.20. The molecule has 0 fully saturated rings. The third kappa shape index (κ3) is 1.79. The van der Waals surface area contributed by atoms with E-state index in [0.29, 0.717) is 0 Å². The predicted octanol–water partition coefficient (Wildman–Crippen LogP) is 3.24. The van der Waals surface area contributed by atoms with Gasteiger partial charge in [-0.15, -0.1) is 0 Å². The minimum Gasteiger partial charge on any atom is -0.328 e. The maximum Gasteiger partial charge on any atom is 0.0226 e. The Morgan fingerprint density at radius 2 is 2.08 bits per heavy atom. The number of hydrogen-bond donors (Lipinski definition) is 0. The molecule has 1 aliphatic heterocycles. The van der Waals surface area contributed by atoms with Gasteiger partial charge in [0.15, 0.2) is 0 Å². The van der Waals surface area contributed by atoms with Gasteiger partial charge >= 0.3 is 0 Å². The van der Waals surface area contributed by atoms with Crippen LogP contribution in [0.15, 0.2) is 18.3 Å². The van der Waals surface area contributed by atoms with Gasteiger partial charge in [0, 0.05) is 18.1 Å². The fraction of sp³-hybridized carbons (Fsp3) is 0.455. The predicted molar refractivity (Wildman–Crippen MR) is 54.2 cm³/mol. The molecule has 1 nitrogen and oxygen atoms in total. The van der Waals surface area contributed by atoms with E-state index >= 15 is 0 Å². The molecule has 1 aromatic rings. The van der Waals surface area contributed by atoms with Crippen molar-refractivity contribution in [2.45, 2.75) is 33.6 Å². The number of rotatable bonds is 0. The highest BCUT2D eigenvalue weighted by Crippen LogP contribution is 2.14. The van der Waals surface area contributed by atoms with Crippen LogP contribution >= 0.6 is 0 Å². The zero-order valence-corrected chi connectivity index (χ0v) is 8.17. The summed E-state index contributed by atoms with van der Waals surface area (Å²) >= 11 is 0. The third-order valence-corrected chi connectivity index (χ3v) is 1.90. The fourth-order valence-electron chi connectivity index (χ4n) is 1.44. The van der Waals surface area contributed by atoms with Crippen molar-refractivity contribution in [2.75, 3.05) is 0 Å². The van der Waals surface area contributed by atoms with E-state index in [4.69, 9.17) is 0 Å². The molecule has 0 bridgehead atoms. The zero-order chi connectivity index (χ0) is 8.97. The summed E-state index contributed by atoms with van der Waals surface area (Å²) in [6, 6.07) is 2.25. The molecule has 0 unspecified atom stereocenters. The number of aryl methyl sites for hydroxylation is 2. The minimum absolute atomic E-state index is 1.20. The monoisotopic (exact) mass is 163 g/mol. The lowest BCUT2D eigenvalue weighted by molar-refractivity contribution is 0.877. The number of hydrogen-bond acceptors (Lipinski definition) is 0. The summed E-state index contributed by atoms with van der Waals surface area (Å²) < 4.78 is 2.21. The first kappa shape index (κ1) is 9.11. The summed E-state index contributed by atoms with van der Waals surface area (Å²) in [5.41, 5.74) is 2.81. The van der Waals surface area contributed by atoms with Crippen molar-refractivity contribution >= 4 is 6.20 Å². The van der Waals surface area contributed by atoms with Crippen LogP contribution < -0.4 is 0 Å². The van der Waals surface area contributed by atoms with Crippen LogP contribution in [-0.4, -0.2) is 4.57 Å². The molecule has 0 saturated heterocycles. The van der Waals surface area contributed by atoms with Gasteiger partial charge in [0.2, 0.25) is 0 Å². The molecule has 0 radical (unpaired) electrons. The van der Waals surface area contributed by atoms with Crippen LogP contribution in [0.1, 0.15) is 31.5 Å². The van der Waals surface area contributed by atoms with E-state index in [9.17, 15) is 0 Å². The fourth-order valence-corrected chi connectivity index (χ4v) is 1.44. The smallest absolute Gasteiger partial charge is 0.0226 e. The molecule has 0 N–H and O–H groups in total. The number of fused-ring (bicyclic) bond motifs is 1. The molecule has 1 aromatic heterocycles. The summed E-state index contributed by atoms with van der Waals surface area (Å²) in [6.07, 6.45) is 8.93. The molecular weight excluding hydrogens is 146 g/mol. The van der Waals surface area contributed by atoms with Crippen molar-refractivity contribution < 1.29 is 0 Å². The highest BCUT2D eigenvalue weighted by atomic mass is 14.9. The van der Waals surface area contributed by atoms with E-state index < -0.39 is 0 Å². The van der Waals surface area contributed by atoms with E-state index in [-0.39, 0.29) is 0 Å². The molecular formula is C11H17N. The van der Waals surface area contributed by atoms with Crippen molar-refractivity contribution in [1.29, 1.82) is 0 Å². The van der Waals surface area contributed by atoms with Gasteiger partial charge in [-0.2, -0.15) is 0 Å². The second kappa shape index (κ2) is 4.15. The Balaban J connectivity index is 0.000000336. The highest BCUT2D eigenvalue weighted by Gasteiger charge is 2.02. The second-order valence-electron chi connectivity index (χ2n) is 2.84. The Bertz CT molecular complexity index is 269. The summed E-state index contributed by atoms with van der Waals surface area (Å²) in [4.78, 5) is 0. The quantitative estimate of drug-likeness (QED) is 0.553. The van der Waals surface area contributed by atoms with Crippen LogP contribution in [0, 0.1) is 6.92 Å². The zero-order valence-electron chi connectivity index (χ0n) is 8.17. The number of allylic oxidation sites excluding steroid dienone is 1. The maximum atomic E-state index is 2.25. The van der Waals surface area contributed by atoms with E-state index in [1.54, 1.807) is 0 Å². The molecule has 0 aliphatic carbocycles. The van der Waals surface area contributed by atoms with E-state index in [0.717, 1.165) is 0 Å². The number of nitrogens with zero attached hydrogens (tertiary/aromatic N) is 1. The first-order valence-corrected chi connectivity index (χ1v) is 4.70. The lowest BCUT2D eigenvalue weighted by Crippen LogP contribution is -1.97. The lowest BCUT2D eigenvalue weighted by Gasteiger charge is -2.06. The van der Waals surface area contributed by atoms with Gasteiger partial charge in [-0.3, -0.25) is 0 Å². The number of aromatic nitrogens is 1. The highest BCUT2D eigenvalue weighted by molar-refractivity contribution is 5.34. The van der Waals surface area contributed by atoms with Gasteiger partial charge in [-0.1, -0.05) is 19.9 Å². The van der Waals surface area contributed by atoms with Gasteiger partial charge in [0.1, 0.15) is 0 Å². The maximum absolute atomic E-state index is 2.25. The normalized spacial score (nSPS) is 13.2. The second-order valence-corrected chi connectivity index (χ2v) is 2.84. The molecule has 66 valence electrons. The lowest BCUT2D eigenvalue weighted by atomic mass is 10.2. The van der Waals surface area contributed by atoms with Crippen LogP contribution in [0.25, 0.3) is 6.20 Å². The topological polar surface area (TPSA) is 4.93 Å². The van der Waals surface area contributed by atoms with Gasteiger partial charge in [-0.25, -0.2) is 0 Å². The Morgan fingerprint density at radius 3 is 2.75 bits per heavy atom. The first-order valence-electron chi connectivity index (χ1n) is 4.70. The third-order valence-electron chi connectivity index (χ3n) is 1.90. The SMILES string of the molecule is CC.Cc1cc2n(c1)C=CCC2. The van der Waals surface area contributed by atoms with Crippen molar-refractivity contribution in [3.8, 4) is 0 Å².